The summed E-state index contributed by atoms with van der Waals surface area (Å²) in [5, 5.41) is 22.2. The molecule has 0 N–H and O–H groups in total. The summed E-state index contributed by atoms with van der Waals surface area (Å²) in [5.74, 6) is 1.18. The molecule has 0 bridgehead atoms. The van der Waals surface area contributed by atoms with E-state index in [0.29, 0.717) is 28.2 Å². The maximum Gasteiger partial charge on any atom is 0.138 e. The number of fused-ring (bicyclic) bond motifs is 2. The van der Waals surface area contributed by atoms with Gasteiger partial charge in [-0.3, -0.25) is 5.01 Å². The third-order valence-electron chi connectivity index (χ3n) is 3.80. The van der Waals surface area contributed by atoms with Crippen molar-refractivity contribution in [2.75, 3.05) is 7.11 Å². The number of nitrogens with zero attached hydrogens (tertiary/aromatic N) is 4. The number of benzene rings is 1. The van der Waals surface area contributed by atoms with Crippen LogP contribution in [0, 0.1) is 5.21 Å². The number of hydrogen-bond acceptors (Lipinski definition) is 8. The van der Waals surface area contributed by atoms with Gasteiger partial charge in [-0.2, -0.15) is 0 Å². The molecule has 4 rings (SSSR count). The molecule has 2 aliphatic heterocycles. The van der Waals surface area contributed by atoms with E-state index in [-0.39, 0.29) is 0 Å². The highest BCUT2D eigenvalue weighted by Gasteiger charge is 2.31. The highest BCUT2D eigenvalue weighted by Crippen LogP contribution is 2.40. The molecule has 2 aliphatic rings. The van der Waals surface area contributed by atoms with E-state index in [2.05, 4.69) is 10.3 Å². The highest BCUT2D eigenvalue weighted by atomic mass is 16.6. The second-order valence-corrected chi connectivity index (χ2v) is 6.03. The monoisotopic (exact) mass is 327 g/mol. The van der Waals surface area contributed by atoms with E-state index in [1.165, 1.54) is 11.2 Å². The van der Waals surface area contributed by atoms with Gasteiger partial charge in [0.2, 0.25) is 0 Å². The van der Waals surface area contributed by atoms with Crippen LogP contribution in [0.1, 0.15) is 19.4 Å². The number of rotatable bonds is 2. The smallest absolute Gasteiger partial charge is 0.138 e. The Labute approximate surface area is 137 Å². The van der Waals surface area contributed by atoms with E-state index in [9.17, 15) is 5.21 Å². The Balaban J connectivity index is 1.89. The van der Waals surface area contributed by atoms with Crippen molar-refractivity contribution in [3.05, 3.63) is 53.2 Å². The number of allylic oxidation sites excluding steroid dienone is 1. The molecular weight excluding hydrogens is 312 g/mol. The zero-order chi connectivity index (χ0) is 16.9. The first-order valence-electron chi connectivity index (χ1n) is 7.35. The summed E-state index contributed by atoms with van der Waals surface area (Å²) in [6, 6.07) is 3.54. The third-order valence-corrected chi connectivity index (χ3v) is 3.80. The van der Waals surface area contributed by atoms with Crippen molar-refractivity contribution in [3.63, 3.8) is 0 Å². The van der Waals surface area contributed by atoms with E-state index in [4.69, 9.17) is 14.1 Å². The number of hydrogen-bond donors (Lipinski definition) is 0. The Morgan fingerprint density at radius 3 is 2.71 bits per heavy atom. The summed E-state index contributed by atoms with van der Waals surface area (Å²) in [6.07, 6.45) is 6.48. The quantitative estimate of drug-likeness (QED) is 0.832. The molecule has 0 spiro atoms. The zero-order valence-corrected chi connectivity index (χ0v) is 13.4. The largest absolute Gasteiger partial charge is 0.739 e. The molecule has 0 atom stereocenters. The van der Waals surface area contributed by atoms with E-state index < -0.39 is 5.60 Å². The van der Waals surface area contributed by atoms with E-state index in [1.54, 1.807) is 31.5 Å². The fourth-order valence-electron chi connectivity index (χ4n) is 2.73. The van der Waals surface area contributed by atoms with Crippen LogP contribution < -0.4 is 4.74 Å². The van der Waals surface area contributed by atoms with Gasteiger partial charge >= 0.3 is 0 Å². The minimum Gasteiger partial charge on any atom is -0.739 e. The van der Waals surface area contributed by atoms with Crippen LogP contribution in [0.2, 0.25) is 0 Å². The summed E-state index contributed by atoms with van der Waals surface area (Å²) in [6.45, 7) is 3.83. The van der Waals surface area contributed by atoms with Crippen molar-refractivity contribution in [1.29, 1.82) is 0 Å². The first-order chi connectivity index (χ1) is 11.5. The van der Waals surface area contributed by atoms with Gasteiger partial charge in [0.15, 0.2) is 0 Å². The lowest BCUT2D eigenvalue weighted by atomic mass is 9.98. The minimum atomic E-state index is -0.601. The van der Waals surface area contributed by atoms with E-state index in [1.807, 2.05) is 19.9 Å². The second-order valence-electron chi connectivity index (χ2n) is 6.03. The van der Waals surface area contributed by atoms with Crippen molar-refractivity contribution in [3.8, 4) is 5.75 Å². The lowest BCUT2D eigenvalue weighted by Crippen LogP contribution is -2.37. The third kappa shape index (κ3) is 2.28. The average Bonchev–Trinajstić information content (AvgIpc) is 2.99. The Hall–Kier alpha value is -3.00. The maximum atomic E-state index is 12.3. The van der Waals surface area contributed by atoms with Gasteiger partial charge in [-0.1, -0.05) is 0 Å². The number of ether oxygens (including phenoxy) is 2. The van der Waals surface area contributed by atoms with Crippen LogP contribution in [0.25, 0.3) is 16.7 Å². The lowest BCUT2D eigenvalue weighted by molar-refractivity contribution is 0.143. The van der Waals surface area contributed by atoms with Crippen LogP contribution in [0.3, 0.4) is 0 Å². The predicted molar refractivity (Wildman–Crippen MR) is 85.8 cm³/mol. The second kappa shape index (κ2) is 5.00. The molecule has 8 nitrogen and oxygen atoms in total. The Morgan fingerprint density at radius 1 is 1.21 bits per heavy atom. The molecule has 0 amide bonds. The normalized spacial score (nSPS) is 18.8. The molecule has 24 heavy (non-hydrogen) atoms. The summed E-state index contributed by atoms with van der Waals surface area (Å²) in [4.78, 5) is 0. The lowest BCUT2D eigenvalue weighted by Gasteiger charge is -2.44. The topological polar surface area (TPSA) is 86.9 Å². The number of hydrazine groups is 1. The molecule has 2 aromatic rings. The molecule has 0 fully saturated rings. The highest BCUT2D eigenvalue weighted by molar-refractivity contribution is 5.84. The SMILES string of the molecule is COC1=CN(C2=CC(C)(C)Oc3cc4nonc4cc32)N([O-])C=C1. The Bertz CT molecular complexity index is 897. The molecule has 3 heterocycles. The van der Waals surface area contributed by atoms with Crippen molar-refractivity contribution in [2.45, 2.75) is 19.4 Å². The fraction of sp³-hybridized carbons (Fsp3) is 0.250. The molecule has 0 saturated carbocycles. The predicted octanol–water partition coefficient (Wildman–Crippen LogP) is 2.77. The molecule has 0 aliphatic carbocycles. The van der Waals surface area contributed by atoms with Gasteiger partial charge in [-0.25, -0.2) is 4.63 Å². The molecule has 124 valence electrons. The van der Waals surface area contributed by atoms with Crippen LogP contribution in [-0.2, 0) is 4.74 Å². The zero-order valence-electron chi connectivity index (χ0n) is 13.4. The van der Waals surface area contributed by atoms with Crippen molar-refractivity contribution in [2.24, 2.45) is 0 Å². The summed E-state index contributed by atoms with van der Waals surface area (Å²) in [7, 11) is 1.55. The molecule has 8 heteroatoms. The number of hydroxylamine groups is 1. The fourth-order valence-corrected chi connectivity index (χ4v) is 2.73. The first kappa shape index (κ1) is 14.6. The molecular formula is C16H15N4O4-. The molecule has 1 aromatic heterocycles. The number of aromatic nitrogens is 2. The molecule has 0 saturated heterocycles. The van der Waals surface area contributed by atoms with Gasteiger partial charge in [0.1, 0.15) is 28.1 Å². The van der Waals surface area contributed by atoms with Crippen molar-refractivity contribution in [1.82, 2.24) is 20.5 Å². The summed E-state index contributed by atoms with van der Waals surface area (Å²) < 4.78 is 16.0. The van der Waals surface area contributed by atoms with Gasteiger partial charge in [-0.15, -0.1) is 0 Å². The van der Waals surface area contributed by atoms with Gasteiger partial charge in [0.25, 0.3) is 0 Å². The van der Waals surface area contributed by atoms with Crippen molar-refractivity contribution >= 4 is 16.7 Å². The minimum absolute atomic E-state index is 0.568. The first-order valence-corrected chi connectivity index (χ1v) is 7.35. The van der Waals surface area contributed by atoms with Crippen LogP contribution in [-0.4, -0.2) is 33.2 Å². The Kier molecular flexibility index (Phi) is 3.04. The van der Waals surface area contributed by atoms with Gasteiger partial charge < -0.3 is 19.9 Å². The molecule has 0 radical (unpaired) electrons. The van der Waals surface area contributed by atoms with Crippen LogP contribution in [0.4, 0.5) is 0 Å². The van der Waals surface area contributed by atoms with Gasteiger partial charge in [0.05, 0.1) is 19.0 Å². The Morgan fingerprint density at radius 2 is 1.96 bits per heavy atom. The van der Waals surface area contributed by atoms with E-state index in [0.717, 1.165) is 10.7 Å². The standard InChI is InChI=1S/C16H15N4O4/c1-16(2)8-14(19-9-10(22-3)4-5-20(19)21)11-6-12-13(18-24-17-12)7-15(11)23-16/h4-9H,1-3H3/q-1. The van der Waals surface area contributed by atoms with Crippen molar-refractivity contribution < 1.29 is 14.1 Å². The van der Waals surface area contributed by atoms with Gasteiger partial charge in [0, 0.05) is 17.8 Å². The molecule has 1 aromatic carbocycles. The molecule has 0 unspecified atom stereocenters. The van der Waals surface area contributed by atoms with E-state index >= 15 is 0 Å². The number of methoxy groups -OCH3 is 1. The van der Waals surface area contributed by atoms with Crippen LogP contribution >= 0.6 is 0 Å². The average molecular weight is 327 g/mol. The summed E-state index contributed by atoms with van der Waals surface area (Å²) in [5.41, 5.74) is 1.97. The summed E-state index contributed by atoms with van der Waals surface area (Å²) >= 11 is 0. The van der Waals surface area contributed by atoms with Gasteiger partial charge in [-0.05, 0) is 42.4 Å². The maximum absolute atomic E-state index is 12.3. The van der Waals surface area contributed by atoms with Crippen LogP contribution in [0.15, 0.2) is 47.1 Å². The van der Waals surface area contributed by atoms with Crippen LogP contribution in [0.5, 0.6) is 5.75 Å².